The van der Waals surface area contributed by atoms with E-state index in [0.29, 0.717) is 0 Å². The first-order valence-corrected chi connectivity index (χ1v) is 8.23. The lowest BCUT2D eigenvalue weighted by atomic mass is 9.94. The van der Waals surface area contributed by atoms with Gasteiger partial charge >= 0.3 is 0 Å². The highest BCUT2D eigenvalue weighted by Gasteiger charge is 2.15. The predicted octanol–water partition coefficient (Wildman–Crippen LogP) is -0.241. The minimum absolute atomic E-state index is 1.03. The lowest BCUT2D eigenvalue weighted by Gasteiger charge is -2.19. The van der Waals surface area contributed by atoms with E-state index in [4.69, 9.17) is 0 Å². The van der Waals surface area contributed by atoms with Gasteiger partial charge in [0.05, 0.1) is 41.0 Å². The monoisotopic (exact) mass is 310 g/mol. The molecule has 0 amide bonds. The fraction of sp³-hybridized carbons (Fsp3) is 0. The van der Waals surface area contributed by atoms with Gasteiger partial charge in [0.25, 0.3) is 0 Å². The van der Waals surface area contributed by atoms with Crippen molar-refractivity contribution in [3.63, 3.8) is 0 Å². The van der Waals surface area contributed by atoms with Crippen molar-refractivity contribution in [2.45, 2.75) is 0 Å². The van der Waals surface area contributed by atoms with E-state index in [1.165, 1.54) is 32.3 Å². The van der Waals surface area contributed by atoms with Gasteiger partial charge in [-0.15, -0.1) is 0 Å². The molecule has 4 aromatic rings. The molecule has 0 bridgehead atoms. The maximum Gasteiger partial charge on any atom is 0.0720 e. The van der Waals surface area contributed by atoms with Gasteiger partial charge in [0.1, 0.15) is 0 Å². The molecule has 0 unspecified atom stereocenters. The summed E-state index contributed by atoms with van der Waals surface area (Å²) in [5, 5.41) is 11.8. The van der Waals surface area contributed by atoms with Crippen LogP contribution in [-0.4, -0.2) is 41.0 Å². The molecular formula is C16H6Si4. The van der Waals surface area contributed by atoms with Crippen molar-refractivity contribution in [1.29, 1.82) is 0 Å². The summed E-state index contributed by atoms with van der Waals surface area (Å²) in [7, 11) is 15.0. The molecule has 0 aliphatic rings. The van der Waals surface area contributed by atoms with E-state index in [1.807, 2.05) is 0 Å². The highest BCUT2D eigenvalue weighted by Crippen LogP contribution is 2.31. The Kier molecular flexibility index (Phi) is 2.59. The molecule has 0 heterocycles. The quantitative estimate of drug-likeness (QED) is 0.311. The van der Waals surface area contributed by atoms with Crippen LogP contribution in [0.2, 0.25) is 0 Å². The van der Waals surface area contributed by atoms with Crippen LogP contribution in [0, 0.1) is 0 Å². The van der Waals surface area contributed by atoms with Crippen molar-refractivity contribution in [2.75, 3.05) is 0 Å². The summed E-state index contributed by atoms with van der Waals surface area (Å²) >= 11 is 0. The van der Waals surface area contributed by atoms with Gasteiger partial charge in [-0.2, -0.15) is 0 Å². The van der Waals surface area contributed by atoms with E-state index in [9.17, 15) is 0 Å². The first-order valence-electron chi connectivity index (χ1n) is 6.23. The summed E-state index contributed by atoms with van der Waals surface area (Å²) in [5.41, 5.74) is 0. The molecule has 0 saturated carbocycles. The highest BCUT2D eigenvalue weighted by atomic mass is 28.2. The van der Waals surface area contributed by atoms with Gasteiger partial charge in [0.15, 0.2) is 0 Å². The lowest BCUT2D eigenvalue weighted by molar-refractivity contribution is 1.84. The molecule has 0 nitrogen and oxygen atoms in total. The second-order valence-electron chi connectivity index (χ2n) is 4.99. The Morgan fingerprint density at radius 3 is 2.15 bits per heavy atom. The fourth-order valence-electron chi connectivity index (χ4n) is 3.00. The number of rotatable bonds is 0. The Balaban J connectivity index is 2.50. The summed E-state index contributed by atoms with van der Waals surface area (Å²) in [6.45, 7) is 0. The van der Waals surface area contributed by atoms with Gasteiger partial charge in [-0.3, -0.25) is 0 Å². The Bertz CT molecular complexity index is 988. The number of hydrogen-bond donors (Lipinski definition) is 0. The maximum atomic E-state index is 3.77. The predicted molar refractivity (Wildman–Crippen MR) is 91.7 cm³/mol. The van der Waals surface area contributed by atoms with E-state index < -0.39 is 0 Å². The largest absolute Gasteiger partial charge is 0.0720 e. The molecule has 0 saturated heterocycles. The van der Waals surface area contributed by atoms with Gasteiger partial charge in [-0.05, 0) is 32.3 Å². The molecule has 4 aromatic carbocycles. The molecule has 12 radical (unpaired) electrons. The first kappa shape index (κ1) is 12.5. The molecule has 4 heteroatoms. The van der Waals surface area contributed by atoms with E-state index >= 15 is 0 Å². The topological polar surface area (TPSA) is 0 Å². The minimum atomic E-state index is 1.03. The third-order valence-electron chi connectivity index (χ3n) is 3.92. The Morgan fingerprint density at radius 1 is 0.600 bits per heavy atom. The zero-order chi connectivity index (χ0) is 14.0. The Morgan fingerprint density at radius 2 is 1.35 bits per heavy atom. The molecule has 0 aliphatic carbocycles. The van der Waals surface area contributed by atoms with Crippen LogP contribution in [0.15, 0.2) is 36.4 Å². The van der Waals surface area contributed by atoms with E-state index in [-0.39, 0.29) is 0 Å². The highest BCUT2D eigenvalue weighted by molar-refractivity contribution is 6.65. The lowest BCUT2D eigenvalue weighted by Crippen LogP contribution is -2.41. The molecule has 0 spiro atoms. The maximum absolute atomic E-state index is 3.77. The first-order chi connectivity index (χ1) is 9.59. The second-order valence-corrected chi connectivity index (χ2v) is 7.03. The number of benzene rings is 4. The van der Waals surface area contributed by atoms with Crippen LogP contribution in [0.3, 0.4) is 0 Å². The summed E-state index contributed by atoms with van der Waals surface area (Å²) in [5.74, 6) is 0. The van der Waals surface area contributed by atoms with Crippen LogP contribution in [-0.2, 0) is 0 Å². The van der Waals surface area contributed by atoms with Crippen molar-refractivity contribution in [1.82, 2.24) is 0 Å². The Labute approximate surface area is 130 Å². The van der Waals surface area contributed by atoms with Crippen molar-refractivity contribution in [3.05, 3.63) is 36.4 Å². The van der Waals surface area contributed by atoms with Crippen LogP contribution < -0.4 is 20.7 Å². The molecular weight excluding hydrogens is 305 g/mol. The third kappa shape index (κ3) is 1.45. The van der Waals surface area contributed by atoms with Crippen LogP contribution in [0.1, 0.15) is 0 Å². The van der Waals surface area contributed by atoms with E-state index in [0.717, 1.165) is 20.7 Å². The van der Waals surface area contributed by atoms with Gasteiger partial charge in [-0.25, -0.2) is 0 Å². The molecule has 4 rings (SSSR count). The van der Waals surface area contributed by atoms with Crippen molar-refractivity contribution in [2.24, 2.45) is 0 Å². The Hall–Kier alpha value is -1.21. The smallest absolute Gasteiger partial charge is 0.0692 e. The van der Waals surface area contributed by atoms with Crippen LogP contribution in [0.25, 0.3) is 32.3 Å². The van der Waals surface area contributed by atoms with Gasteiger partial charge in [0, 0.05) is 0 Å². The average molecular weight is 311 g/mol. The molecule has 0 atom stereocenters. The molecule has 20 heavy (non-hydrogen) atoms. The van der Waals surface area contributed by atoms with Gasteiger partial charge in [0.2, 0.25) is 0 Å². The van der Waals surface area contributed by atoms with Gasteiger partial charge < -0.3 is 0 Å². The number of hydrogen-bond acceptors (Lipinski definition) is 0. The average Bonchev–Trinajstić information content (AvgIpc) is 2.44. The fourth-order valence-corrected chi connectivity index (χ4v) is 4.64. The summed E-state index contributed by atoms with van der Waals surface area (Å²) < 4.78 is 0. The normalized spacial score (nSPS) is 12.0. The SMILES string of the molecule is [Si]c1c([Si])c2ccc3cccc4cc([Si])c(c1[Si])c2c34. The summed E-state index contributed by atoms with van der Waals surface area (Å²) in [6.07, 6.45) is 0. The van der Waals surface area contributed by atoms with Crippen LogP contribution >= 0.6 is 0 Å². The zero-order valence-corrected chi connectivity index (χ0v) is 14.5. The minimum Gasteiger partial charge on any atom is -0.0692 e. The van der Waals surface area contributed by atoms with Crippen molar-refractivity contribution < 1.29 is 0 Å². The standard InChI is InChI=1S/C16H6Si4/c17-10-6-8-3-1-2-7-4-5-9-12(11(7)8)13(10)15(19)16(20)14(9)18/h1-6H. The molecule has 0 aromatic heterocycles. The molecule has 0 N–H and O–H groups in total. The van der Waals surface area contributed by atoms with Crippen LogP contribution in [0.4, 0.5) is 0 Å². The van der Waals surface area contributed by atoms with Crippen molar-refractivity contribution in [3.8, 4) is 0 Å². The molecule has 0 fully saturated rings. The van der Waals surface area contributed by atoms with E-state index in [1.54, 1.807) is 0 Å². The van der Waals surface area contributed by atoms with Gasteiger partial charge in [-0.1, -0.05) is 57.1 Å². The third-order valence-corrected chi connectivity index (χ3v) is 6.33. The van der Waals surface area contributed by atoms with Crippen molar-refractivity contribution >= 4 is 94.0 Å². The molecule has 86 valence electrons. The zero-order valence-electron chi connectivity index (χ0n) is 10.5. The van der Waals surface area contributed by atoms with E-state index in [2.05, 4.69) is 77.4 Å². The molecule has 0 aliphatic heterocycles. The second kappa shape index (κ2) is 4.14. The summed E-state index contributed by atoms with van der Waals surface area (Å²) in [4.78, 5) is 0. The van der Waals surface area contributed by atoms with Crippen LogP contribution in [0.5, 0.6) is 0 Å². The summed E-state index contributed by atoms with van der Waals surface area (Å²) in [6, 6.07) is 13.0.